The first-order valence-electron chi connectivity index (χ1n) is 9.90. The SMILES string of the molecule is CCc1nc(-c2cc(Cl)c(C3(C)CS(=O)(=O)N(C)C(N)=N3)s2)oc1-c1ccc(C(F)(F)F)cn1. The lowest BCUT2D eigenvalue weighted by Gasteiger charge is -2.33. The van der Waals surface area contributed by atoms with Gasteiger partial charge in [-0.3, -0.25) is 4.98 Å². The second-order valence-corrected chi connectivity index (χ2v) is 11.3. The molecule has 0 aliphatic carbocycles. The lowest BCUT2D eigenvalue weighted by Crippen LogP contribution is -2.50. The van der Waals surface area contributed by atoms with E-state index in [0.717, 1.165) is 27.9 Å². The van der Waals surface area contributed by atoms with Gasteiger partial charge in [-0.15, -0.1) is 11.3 Å². The van der Waals surface area contributed by atoms with Gasteiger partial charge in [0.2, 0.25) is 21.9 Å². The van der Waals surface area contributed by atoms with Crippen LogP contribution in [0.2, 0.25) is 5.02 Å². The van der Waals surface area contributed by atoms with E-state index >= 15 is 0 Å². The molecule has 0 aromatic carbocycles. The standard InChI is InChI=1S/C20H19ClF3N5O3S2/c1-4-12-15(13-6-5-10(8-26-13)20(22,23)24)32-17(27-12)14-7-11(21)16(33-14)19(2)9-34(30,31)29(3)18(25)28-19/h5-8H,4,9H2,1-3H3,(H2,25,28). The Balaban J connectivity index is 1.74. The Labute approximate surface area is 202 Å². The summed E-state index contributed by atoms with van der Waals surface area (Å²) in [5, 5.41) is 0.268. The molecule has 0 bridgehead atoms. The Bertz CT molecular complexity index is 1380. The molecule has 0 spiro atoms. The highest BCUT2D eigenvalue weighted by Crippen LogP contribution is 2.44. The van der Waals surface area contributed by atoms with Crippen LogP contribution in [-0.4, -0.2) is 41.5 Å². The van der Waals surface area contributed by atoms with Gasteiger partial charge in [-0.25, -0.2) is 22.7 Å². The fraction of sp³-hybridized carbons (Fsp3) is 0.350. The Morgan fingerprint density at radius 1 is 1.35 bits per heavy atom. The molecule has 0 saturated carbocycles. The number of sulfonamides is 1. The number of hydrogen-bond donors (Lipinski definition) is 1. The lowest BCUT2D eigenvalue weighted by molar-refractivity contribution is -0.137. The normalized spacial score (nSPS) is 20.4. The van der Waals surface area contributed by atoms with Crippen molar-refractivity contribution in [2.75, 3.05) is 12.8 Å². The van der Waals surface area contributed by atoms with E-state index in [1.807, 2.05) is 6.92 Å². The maximum Gasteiger partial charge on any atom is 0.417 e. The minimum absolute atomic E-state index is 0.153. The highest BCUT2D eigenvalue weighted by atomic mass is 35.5. The molecule has 8 nitrogen and oxygen atoms in total. The van der Waals surface area contributed by atoms with Gasteiger partial charge < -0.3 is 10.2 Å². The molecule has 182 valence electrons. The molecule has 1 unspecified atom stereocenters. The van der Waals surface area contributed by atoms with E-state index in [2.05, 4.69) is 15.0 Å². The van der Waals surface area contributed by atoms with Crippen LogP contribution in [0.3, 0.4) is 0 Å². The van der Waals surface area contributed by atoms with Crippen molar-refractivity contribution in [2.45, 2.75) is 32.0 Å². The predicted molar refractivity (Wildman–Crippen MR) is 123 cm³/mol. The fourth-order valence-corrected chi connectivity index (χ4v) is 6.59. The number of nitrogens with two attached hydrogens (primary N) is 1. The van der Waals surface area contributed by atoms with E-state index < -0.39 is 27.3 Å². The van der Waals surface area contributed by atoms with Crippen LogP contribution in [0.4, 0.5) is 13.2 Å². The lowest BCUT2D eigenvalue weighted by atomic mass is 10.0. The number of nitrogens with zero attached hydrogens (tertiary/aromatic N) is 4. The minimum Gasteiger partial charge on any atom is -0.433 e. The van der Waals surface area contributed by atoms with Gasteiger partial charge in [0.1, 0.15) is 11.2 Å². The summed E-state index contributed by atoms with van der Waals surface area (Å²) in [6, 6.07) is 3.73. The van der Waals surface area contributed by atoms with Crippen LogP contribution in [0.25, 0.3) is 22.2 Å². The fourth-order valence-electron chi connectivity index (χ4n) is 3.50. The zero-order valence-electron chi connectivity index (χ0n) is 18.1. The molecule has 1 atom stereocenters. The highest BCUT2D eigenvalue weighted by molar-refractivity contribution is 7.89. The van der Waals surface area contributed by atoms with Gasteiger partial charge in [0.25, 0.3) is 0 Å². The van der Waals surface area contributed by atoms with E-state index in [4.69, 9.17) is 21.8 Å². The van der Waals surface area contributed by atoms with Crippen molar-refractivity contribution in [3.8, 4) is 22.2 Å². The first kappa shape index (κ1) is 24.5. The van der Waals surface area contributed by atoms with Crippen LogP contribution in [0.1, 0.15) is 30.0 Å². The summed E-state index contributed by atoms with van der Waals surface area (Å²) < 4.78 is 70.4. The Kier molecular flexibility index (Phi) is 5.93. The topological polar surface area (TPSA) is 115 Å². The molecule has 34 heavy (non-hydrogen) atoms. The maximum atomic E-state index is 12.9. The highest BCUT2D eigenvalue weighted by Gasteiger charge is 2.42. The van der Waals surface area contributed by atoms with Crippen molar-refractivity contribution in [1.29, 1.82) is 0 Å². The number of thiophene rings is 1. The number of aryl methyl sites for hydroxylation is 1. The number of guanidine groups is 1. The third kappa shape index (κ3) is 4.27. The molecule has 1 aliphatic heterocycles. The van der Waals surface area contributed by atoms with Crippen molar-refractivity contribution in [3.63, 3.8) is 0 Å². The van der Waals surface area contributed by atoms with Gasteiger partial charge in [0.15, 0.2) is 5.76 Å². The summed E-state index contributed by atoms with van der Waals surface area (Å²) in [7, 11) is -2.37. The monoisotopic (exact) mass is 533 g/mol. The molecule has 2 N–H and O–H groups in total. The third-order valence-corrected chi connectivity index (χ3v) is 9.04. The number of halogens is 4. The van der Waals surface area contributed by atoms with E-state index in [0.29, 0.717) is 21.9 Å². The van der Waals surface area contributed by atoms with Crippen molar-refractivity contribution in [1.82, 2.24) is 14.3 Å². The van der Waals surface area contributed by atoms with Gasteiger partial charge >= 0.3 is 6.18 Å². The molecule has 14 heteroatoms. The maximum absolute atomic E-state index is 12.9. The van der Waals surface area contributed by atoms with Gasteiger partial charge in [-0.05, 0) is 31.5 Å². The summed E-state index contributed by atoms with van der Waals surface area (Å²) in [6.07, 6.45) is -3.32. The van der Waals surface area contributed by atoms with Gasteiger partial charge in [-0.1, -0.05) is 18.5 Å². The van der Waals surface area contributed by atoms with E-state index in [9.17, 15) is 21.6 Å². The van der Waals surface area contributed by atoms with Gasteiger partial charge in [0, 0.05) is 13.2 Å². The Hall–Kier alpha value is -2.64. The summed E-state index contributed by atoms with van der Waals surface area (Å²) in [6.45, 7) is 3.44. The molecule has 1 aliphatic rings. The van der Waals surface area contributed by atoms with Gasteiger partial charge in [0.05, 0.1) is 31.8 Å². The zero-order chi connectivity index (χ0) is 25.1. The van der Waals surface area contributed by atoms with Crippen LogP contribution >= 0.6 is 22.9 Å². The first-order valence-corrected chi connectivity index (χ1v) is 12.7. The molecule has 4 heterocycles. The molecule has 0 amide bonds. The predicted octanol–water partition coefficient (Wildman–Crippen LogP) is 4.50. The number of pyridine rings is 1. The summed E-state index contributed by atoms with van der Waals surface area (Å²) in [4.78, 5) is 13.7. The molecule has 4 rings (SSSR count). The number of hydrogen-bond acceptors (Lipinski definition) is 8. The minimum atomic E-state index is -4.50. The van der Waals surface area contributed by atoms with Crippen molar-refractivity contribution >= 4 is 38.9 Å². The molecular weight excluding hydrogens is 515 g/mol. The van der Waals surface area contributed by atoms with Crippen LogP contribution < -0.4 is 5.73 Å². The molecule has 3 aromatic heterocycles. The van der Waals surface area contributed by atoms with E-state index in [1.165, 1.54) is 13.1 Å². The van der Waals surface area contributed by atoms with Crippen LogP contribution in [0.5, 0.6) is 0 Å². The second kappa shape index (κ2) is 8.24. The Morgan fingerprint density at radius 2 is 2.06 bits per heavy atom. The average molecular weight is 534 g/mol. The van der Waals surface area contributed by atoms with Crippen LogP contribution in [0, 0.1) is 0 Å². The van der Waals surface area contributed by atoms with E-state index in [1.54, 1.807) is 13.0 Å². The smallest absolute Gasteiger partial charge is 0.417 e. The number of alkyl halides is 3. The molecule has 0 saturated heterocycles. The Morgan fingerprint density at radius 3 is 2.62 bits per heavy atom. The number of oxazole rings is 1. The van der Waals surface area contributed by atoms with Gasteiger partial charge in [-0.2, -0.15) is 13.2 Å². The number of aromatic nitrogens is 2. The quantitative estimate of drug-likeness (QED) is 0.528. The first-order chi connectivity index (χ1) is 15.7. The van der Waals surface area contributed by atoms with Crippen molar-refractivity contribution in [2.24, 2.45) is 10.7 Å². The largest absolute Gasteiger partial charge is 0.433 e. The number of rotatable bonds is 4. The molecule has 0 fully saturated rings. The summed E-state index contributed by atoms with van der Waals surface area (Å²) >= 11 is 7.61. The summed E-state index contributed by atoms with van der Waals surface area (Å²) in [5.74, 6) is -0.0564. The molecule has 0 radical (unpaired) electrons. The second-order valence-electron chi connectivity index (χ2n) is 7.83. The average Bonchev–Trinajstić information content (AvgIpc) is 3.35. The summed E-state index contributed by atoms with van der Waals surface area (Å²) in [5.41, 5.74) is 4.45. The molecule has 3 aromatic rings. The zero-order valence-corrected chi connectivity index (χ0v) is 20.5. The van der Waals surface area contributed by atoms with Crippen LogP contribution in [-0.2, 0) is 28.2 Å². The van der Waals surface area contributed by atoms with Crippen LogP contribution in [0.15, 0.2) is 33.8 Å². The van der Waals surface area contributed by atoms with E-state index in [-0.39, 0.29) is 34.1 Å². The van der Waals surface area contributed by atoms with Crippen molar-refractivity contribution in [3.05, 3.63) is 45.6 Å². The number of aliphatic imine (C=N–C) groups is 1. The third-order valence-electron chi connectivity index (χ3n) is 5.31. The van der Waals surface area contributed by atoms with Crippen molar-refractivity contribution < 1.29 is 26.0 Å². The molecular formula is C20H19ClF3N5O3S2.